The van der Waals surface area contributed by atoms with Crippen LogP contribution in [0.4, 0.5) is 0 Å². The zero-order valence-corrected chi connectivity index (χ0v) is 13.1. The first-order chi connectivity index (χ1) is 10.3. The van der Waals surface area contributed by atoms with E-state index < -0.39 is 0 Å². The molecule has 3 aliphatic carbocycles. The van der Waals surface area contributed by atoms with E-state index in [1.54, 1.807) is 7.11 Å². The molecule has 0 heterocycles. The number of ether oxygens (including phenoxy) is 1. The van der Waals surface area contributed by atoms with Gasteiger partial charge >= 0.3 is 0 Å². The maximum Gasteiger partial charge on any atom is 0.118 e. The van der Waals surface area contributed by atoms with Crippen molar-refractivity contribution in [3.63, 3.8) is 0 Å². The molecule has 5 unspecified atom stereocenters. The van der Waals surface area contributed by atoms with Crippen molar-refractivity contribution in [3.05, 3.63) is 29.8 Å². The zero-order chi connectivity index (χ0) is 14.2. The lowest BCUT2D eigenvalue weighted by Gasteiger charge is -2.32. The number of hydrogen-bond donors (Lipinski definition) is 1. The highest BCUT2D eigenvalue weighted by molar-refractivity contribution is 5.27. The van der Waals surface area contributed by atoms with Gasteiger partial charge in [0.05, 0.1) is 7.11 Å². The molecule has 1 N–H and O–H groups in total. The van der Waals surface area contributed by atoms with Crippen LogP contribution in [-0.4, -0.2) is 19.7 Å². The summed E-state index contributed by atoms with van der Waals surface area (Å²) in [5.74, 6) is 5.18. The Morgan fingerprint density at radius 3 is 2.67 bits per heavy atom. The summed E-state index contributed by atoms with van der Waals surface area (Å²) in [7, 11) is 1.72. The van der Waals surface area contributed by atoms with Crippen LogP contribution in [0.25, 0.3) is 0 Å². The average Bonchev–Trinajstić information content (AvgIpc) is 3.20. The monoisotopic (exact) mass is 285 g/mol. The van der Waals surface area contributed by atoms with Gasteiger partial charge in [0.1, 0.15) is 5.75 Å². The van der Waals surface area contributed by atoms with Gasteiger partial charge in [-0.3, -0.25) is 0 Å². The zero-order valence-electron chi connectivity index (χ0n) is 13.1. The number of benzene rings is 1. The van der Waals surface area contributed by atoms with Gasteiger partial charge in [-0.15, -0.1) is 0 Å². The van der Waals surface area contributed by atoms with Crippen LogP contribution in [0.5, 0.6) is 5.75 Å². The van der Waals surface area contributed by atoms with Crippen LogP contribution in [0.15, 0.2) is 24.3 Å². The Morgan fingerprint density at radius 1 is 1.05 bits per heavy atom. The average molecular weight is 285 g/mol. The molecule has 3 fully saturated rings. The minimum absolute atomic E-state index is 0.813. The molecule has 2 nitrogen and oxygen atoms in total. The Balaban J connectivity index is 1.28. The fourth-order valence-electron chi connectivity index (χ4n) is 5.50. The summed E-state index contributed by atoms with van der Waals surface area (Å²) in [5, 5.41) is 3.87. The van der Waals surface area contributed by atoms with Crippen LogP contribution in [0.1, 0.15) is 37.7 Å². The van der Waals surface area contributed by atoms with E-state index in [1.165, 1.54) is 37.7 Å². The molecule has 2 bridgehead atoms. The van der Waals surface area contributed by atoms with E-state index in [2.05, 4.69) is 29.6 Å². The molecule has 2 heteroatoms. The first kappa shape index (κ1) is 13.6. The van der Waals surface area contributed by atoms with E-state index in [0.717, 1.165) is 48.4 Å². The molecule has 1 aromatic carbocycles. The van der Waals surface area contributed by atoms with Crippen LogP contribution >= 0.6 is 0 Å². The molecule has 0 aromatic heterocycles. The van der Waals surface area contributed by atoms with Crippen LogP contribution in [0.3, 0.4) is 0 Å². The van der Waals surface area contributed by atoms with E-state index >= 15 is 0 Å². The summed E-state index contributed by atoms with van der Waals surface area (Å²) >= 11 is 0. The second-order valence-corrected chi connectivity index (χ2v) is 7.31. The molecule has 114 valence electrons. The molecule has 4 rings (SSSR count). The van der Waals surface area contributed by atoms with Crippen molar-refractivity contribution >= 4 is 0 Å². The van der Waals surface area contributed by atoms with Crippen LogP contribution < -0.4 is 10.1 Å². The number of methoxy groups -OCH3 is 1. The van der Waals surface area contributed by atoms with E-state index in [4.69, 9.17) is 4.74 Å². The number of rotatable bonds is 5. The van der Waals surface area contributed by atoms with Crippen molar-refractivity contribution in [3.8, 4) is 5.75 Å². The van der Waals surface area contributed by atoms with Crippen LogP contribution in [0, 0.1) is 23.7 Å². The molecule has 1 aromatic rings. The molecule has 0 saturated heterocycles. The summed E-state index contributed by atoms with van der Waals surface area (Å²) in [6, 6.07) is 9.32. The quantitative estimate of drug-likeness (QED) is 0.891. The van der Waals surface area contributed by atoms with E-state index in [0.29, 0.717) is 0 Å². The van der Waals surface area contributed by atoms with Gasteiger partial charge in [0.25, 0.3) is 0 Å². The Bertz CT molecular complexity index is 483. The predicted octanol–water partition coefficient (Wildman–Crippen LogP) is 3.65. The molecule has 3 aliphatic rings. The van der Waals surface area contributed by atoms with Gasteiger partial charge in [-0.2, -0.15) is 0 Å². The van der Waals surface area contributed by atoms with Gasteiger partial charge in [-0.05, 0) is 80.0 Å². The molecule has 3 saturated carbocycles. The molecular weight excluding hydrogens is 258 g/mol. The first-order valence-electron chi connectivity index (χ1n) is 8.71. The molecule has 0 amide bonds. The minimum atomic E-state index is 0.813. The van der Waals surface area contributed by atoms with Crippen LogP contribution in [-0.2, 0) is 6.42 Å². The van der Waals surface area contributed by atoms with Gasteiger partial charge < -0.3 is 10.1 Å². The van der Waals surface area contributed by atoms with Crippen molar-refractivity contribution in [2.24, 2.45) is 23.7 Å². The second kappa shape index (κ2) is 5.64. The highest BCUT2D eigenvalue weighted by Crippen LogP contribution is 2.58. The molecule has 0 spiro atoms. The lowest BCUT2D eigenvalue weighted by molar-refractivity contribution is 0.209. The predicted molar refractivity (Wildman–Crippen MR) is 85.5 cm³/mol. The van der Waals surface area contributed by atoms with Crippen molar-refractivity contribution in [1.29, 1.82) is 0 Å². The van der Waals surface area contributed by atoms with Crippen LogP contribution in [0.2, 0.25) is 0 Å². The Labute approximate surface area is 128 Å². The number of fused-ring (bicyclic) bond motifs is 5. The summed E-state index contributed by atoms with van der Waals surface area (Å²) in [6.45, 7) is 1.12. The smallest absolute Gasteiger partial charge is 0.118 e. The number of hydrogen-bond acceptors (Lipinski definition) is 2. The molecule has 5 atom stereocenters. The summed E-state index contributed by atoms with van der Waals surface area (Å²) < 4.78 is 5.21. The SMILES string of the molecule is COc1ccc(CCNC2CC3CC2C2CCCC32)cc1. The highest BCUT2D eigenvalue weighted by Gasteiger charge is 2.53. The normalized spacial score (nSPS) is 36.9. The lowest BCUT2D eigenvalue weighted by Crippen LogP contribution is -2.40. The third kappa shape index (κ3) is 2.48. The Hall–Kier alpha value is -1.02. The van der Waals surface area contributed by atoms with Crippen molar-refractivity contribution < 1.29 is 4.74 Å². The first-order valence-corrected chi connectivity index (χ1v) is 8.71. The maximum absolute atomic E-state index is 5.21. The summed E-state index contributed by atoms with van der Waals surface area (Å²) in [4.78, 5) is 0. The van der Waals surface area contributed by atoms with Crippen molar-refractivity contribution in [2.75, 3.05) is 13.7 Å². The minimum Gasteiger partial charge on any atom is -0.497 e. The topological polar surface area (TPSA) is 21.3 Å². The fraction of sp³-hybridized carbons (Fsp3) is 0.684. The van der Waals surface area contributed by atoms with E-state index in [1.807, 2.05) is 0 Å². The Morgan fingerprint density at radius 2 is 1.86 bits per heavy atom. The molecule has 0 radical (unpaired) electrons. The highest BCUT2D eigenvalue weighted by atomic mass is 16.5. The Kier molecular flexibility index (Phi) is 3.66. The maximum atomic E-state index is 5.21. The van der Waals surface area contributed by atoms with Gasteiger partial charge in [0.15, 0.2) is 0 Å². The lowest BCUT2D eigenvalue weighted by atomic mass is 9.79. The second-order valence-electron chi connectivity index (χ2n) is 7.31. The standard InChI is InChI=1S/C19H27NO/c1-21-15-7-5-13(6-8-15)9-10-20-19-12-14-11-18(19)17-4-2-3-16(14)17/h5-8,14,16-20H,2-4,9-12H2,1H3. The molecular formula is C19H27NO. The van der Waals surface area contributed by atoms with E-state index in [-0.39, 0.29) is 0 Å². The summed E-state index contributed by atoms with van der Waals surface area (Å²) in [6.07, 6.45) is 8.66. The van der Waals surface area contributed by atoms with Gasteiger partial charge in [0, 0.05) is 6.04 Å². The van der Waals surface area contributed by atoms with Gasteiger partial charge in [-0.1, -0.05) is 18.6 Å². The summed E-state index contributed by atoms with van der Waals surface area (Å²) in [5.41, 5.74) is 1.41. The third-order valence-corrected chi connectivity index (χ3v) is 6.41. The fourth-order valence-corrected chi connectivity index (χ4v) is 5.50. The molecule has 0 aliphatic heterocycles. The van der Waals surface area contributed by atoms with Crippen molar-refractivity contribution in [2.45, 2.75) is 44.6 Å². The van der Waals surface area contributed by atoms with Gasteiger partial charge in [0.2, 0.25) is 0 Å². The number of nitrogens with one attached hydrogen (secondary N) is 1. The largest absolute Gasteiger partial charge is 0.497 e. The van der Waals surface area contributed by atoms with Gasteiger partial charge in [-0.25, -0.2) is 0 Å². The van der Waals surface area contributed by atoms with E-state index in [9.17, 15) is 0 Å². The third-order valence-electron chi connectivity index (χ3n) is 6.41. The molecule has 21 heavy (non-hydrogen) atoms. The van der Waals surface area contributed by atoms with Crippen molar-refractivity contribution in [1.82, 2.24) is 5.32 Å².